The third-order valence-corrected chi connectivity index (χ3v) is 11.1. The molecule has 0 rings (SSSR count). The predicted molar refractivity (Wildman–Crippen MR) is 81.4 cm³/mol. The third kappa shape index (κ3) is 20.5. The zero-order valence-electron chi connectivity index (χ0n) is 23.2. The third-order valence-electron chi connectivity index (χ3n) is 3.71. The van der Waals surface area contributed by atoms with Gasteiger partial charge in [0.1, 0.15) is 10.2 Å². The summed E-state index contributed by atoms with van der Waals surface area (Å²) in [7, 11) is -24.2. The van der Waals surface area contributed by atoms with Crippen LogP contribution in [0.4, 0.5) is 0 Å². The molecule has 0 aliphatic carbocycles. The minimum absolute atomic E-state index is 0. The molecule has 0 saturated carbocycles. The summed E-state index contributed by atoms with van der Waals surface area (Å²) in [5.41, 5.74) is 10.0. The zero-order chi connectivity index (χ0) is 24.4. The molecule has 16 nitrogen and oxygen atoms in total. The topological polar surface area (TPSA) is 345 Å². The molecule has 0 radical (unpaired) electrons. The van der Waals surface area contributed by atoms with Gasteiger partial charge in [-0.15, -0.1) is 0 Å². The molecule has 0 heterocycles. The Labute approximate surface area is 392 Å². The molecule has 0 unspecified atom stereocenters. The van der Waals surface area contributed by atoms with Gasteiger partial charge in [-0.25, -0.2) is 0 Å². The first-order valence-corrected chi connectivity index (χ1v) is 13.6. The summed E-state index contributed by atoms with van der Waals surface area (Å²) in [6.07, 6.45) is -0.348. The van der Waals surface area contributed by atoms with Crippen molar-refractivity contribution in [1.82, 2.24) is 0 Å². The maximum atomic E-state index is 10.6. The van der Waals surface area contributed by atoms with Gasteiger partial charge in [-0.05, 0) is 42.7 Å². The van der Waals surface area contributed by atoms with Gasteiger partial charge in [0.15, 0.2) is 0 Å². The number of hydrogen-bond acceptors (Lipinski definition) is 16. The first-order valence-electron chi connectivity index (χ1n) is 7.38. The van der Waals surface area contributed by atoms with Crippen LogP contribution in [-0.2, 0) is 18.3 Å². The van der Waals surface area contributed by atoms with Gasteiger partial charge in [-0.2, -0.15) is 0 Å². The molecule has 0 aromatic carbocycles. The second kappa shape index (κ2) is 28.3. The molecule has 0 spiro atoms. The Morgan fingerprint density at radius 2 is 0.784 bits per heavy atom. The Balaban J connectivity index is -0.0000000406. The molecule has 0 fully saturated rings. The van der Waals surface area contributed by atoms with Crippen molar-refractivity contribution >= 4 is 30.4 Å². The summed E-state index contributed by atoms with van der Waals surface area (Å²) in [6, 6.07) is -3.94. The Morgan fingerprint density at radius 1 is 0.595 bits per heavy atom. The van der Waals surface area contributed by atoms with Crippen LogP contribution in [0.15, 0.2) is 0 Å². The molecular weight excluding hydrogens is 668 g/mol. The van der Waals surface area contributed by atoms with E-state index in [2.05, 4.69) is 0 Å². The van der Waals surface area contributed by atoms with Crippen LogP contribution in [0.25, 0.3) is 0 Å². The smallest absolute Gasteiger partial charge is 0.808 e. The van der Waals surface area contributed by atoms with Gasteiger partial charge in [0.05, 0.1) is 0 Å². The van der Waals surface area contributed by atoms with Crippen LogP contribution >= 0.6 is 30.4 Å². The maximum absolute atomic E-state index is 10.6. The normalized spacial score (nSPS) is 13.2. The number of aliphatic hydroxyl groups is 2. The van der Waals surface area contributed by atoms with Gasteiger partial charge >= 0.3 is 236 Å². The van der Waals surface area contributed by atoms with Crippen molar-refractivity contribution in [3.8, 4) is 0 Å². The second-order valence-electron chi connectivity index (χ2n) is 6.15. The summed E-state index contributed by atoms with van der Waals surface area (Å²) in [5.74, 6) is -0.873. The summed E-state index contributed by atoms with van der Waals surface area (Å²) < 4.78 is 42.2. The van der Waals surface area contributed by atoms with Crippen molar-refractivity contribution < 1.29 is 304 Å². The molecule has 0 amide bonds. The average Bonchev–Trinajstić information content (AvgIpc) is 2.47. The van der Waals surface area contributed by atoms with Crippen LogP contribution in [0.3, 0.4) is 0 Å². The predicted octanol–water partition coefficient (Wildman–Crippen LogP) is -31.3. The van der Waals surface area contributed by atoms with Crippen molar-refractivity contribution in [1.29, 1.82) is 0 Å². The number of nitrogens with two attached hydrogens (primary N) is 2. The molecule has 37 heavy (non-hydrogen) atoms. The fourth-order valence-electron chi connectivity index (χ4n) is 1.79. The molecular formula is C9H20N2Na8O14P4. The van der Waals surface area contributed by atoms with Crippen molar-refractivity contribution in [3.05, 3.63) is 0 Å². The Morgan fingerprint density at radius 3 is 0.838 bits per heavy atom. The van der Waals surface area contributed by atoms with Crippen LogP contribution < -0.4 is 287 Å². The minimum Gasteiger partial charge on any atom is -0.808 e. The molecule has 0 bridgehead atoms. The van der Waals surface area contributed by atoms with E-state index >= 15 is 0 Å². The van der Waals surface area contributed by atoms with E-state index in [4.69, 9.17) is 16.6 Å². The van der Waals surface area contributed by atoms with Crippen LogP contribution in [0.2, 0.25) is 0 Å². The molecule has 178 valence electrons. The molecule has 0 aliphatic rings. The van der Waals surface area contributed by atoms with E-state index in [1.165, 1.54) is 20.8 Å². The largest absolute Gasteiger partial charge is 1.00 e. The Hall–Kier alpha value is 8.44. The fourth-order valence-corrected chi connectivity index (χ4v) is 6.70. The van der Waals surface area contributed by atoms with Crippen molar-refractivity contribution in [3.63, 3.8) is 0 Å². The van der Waals surface area contributed by atoms with E-state index in [0.29, 0.717) is 0 Å². The summed E-state index contributed by atoms with van der Waals surface area (Å²) in [4.78, 5) is 84.3. The molecule has 0 aliphatic heterocycles. The van der Waals surface area contributed by atoms with E-state index in [1.54, 1.807) is 0 Å². The Kier molecular flexibility index (Phi) is 54.6. The van der Waals surface area contributed by atoms with Crippen molar-refractivity contribution in [2.24, 2.45) is 17.4 Å². The van der Waals surface area contributed by atoms with Gasteiger partial charge < -0.3 is 79.1 Å². The fraction of sp³-hybridized carbons (Fsp3) is 1.00. The van der Waals surface area contributed by atoms with E-state index in [9.17, 15) is 62.5 Å². The van der Waals surface area contributed by atoms with Gasteiger partial charge in [-0.3, -0.25) is 0 Å². The number of rotatable bonds is 8. The number of hydrogen-bond donors (Lipinski definition) is 4. The van der Waals surface area contributed by atoms with Crippen LogP contribution in [0.1, 0.15) is 27.2 Å². The van der Waals surface area contributed by atoms with Crippen LogP contribution in [0.5, 0.6) is 0 Å². The van der Waals surface area contributed by atoms with Gasteiger partial charge in [-0.1, -0.05) is 20.8 Å². The van der Waals surface area contributed by atoms with Crippen LogP contribution in [-0.4, -0.2) is 32.5 Å². The summed E-state index contributed by atoms with van der Waals surface area (Å²) >= 11 is 0. The van der Waals surface area contributed by atoms with E-state index < -0.39 is 58.6 Å². The SMILES string of the molecule is CC(C)[C@H](N)C(O)(P(=O)([O-])[O-])P(=O)([O-])[O-].CC[C@H](N)C(O)(P(=O)([O-])[O-])P(=O)([O-])[O-].[Na+].[Na+].[Na+].[Na+].[Na+].[Na+].[Na+].[Na+]. The van der Waals surface area contributed by atoms with Gasteiger partial charge in [0.25, 0.3) is 0 Å². The first-order chi connectivity index (χ1) is 12.3. The summed E-state index contributed by atoms with van der Waals surface area (Å²) in [5, 5.41) is 10.3. The molecule has 2 atom stereocenters. The molecule has 0 aromatic rings. The maximum Gasteiger partial charge on any atom is 1.00 e. The Bertz CT molecular complexity index is 717. The monoisotopic (exact) mass is 688 g/mol. The zero-order valence-corrected chi connectivity index (χ0v) is 42.8. The van der Waals surface area contributed by atoms with E-state index in [1.807, 2.05) is 0 Å². The molecule has 6 N–H and O–H groups in total. The molecule has 0 saturated heterocycles. The van der Waals surface area contributed by atoms with Crippen LogP contribution in [0, 0.1) is 5.92 Å². The van der Waals surface area contributed by atoms with E-state index in [-0.39, 0.29) is 243 Å². The molecule has 28 heteroatoms. The first kappa shape index (κ1) is 71.4. The van der Waals surface area contributed by atoms with E-state index in [0.717, 1.165) is 0 Å². The van der Waals surface area contributed by atoms with Crippen molar-refractivity contribution in [2.75, 3.05) is 0 Å². The van der Waals surface area contributed by atoms with Crippen molar-refractivity contribution in [2.45, 2.75) is 49.4 Å². The van der Waals surface area contributed by atoms with Gasteiger partial charge in [0, 0.05) is 12.1 Å². The quantitative estimate of drug-likeness (QED) is 0.136. The average molecular weight is 688 g/mol. The van der Waals surface area contributed by atoms with Gasteiger partial charge in [0.2, 0.25) is 0 Å². The summed E-state index contributed by atoms with van der Waals surface area (Å²) in [6.45, 7) is 3.75. The second-order valence-corrected chi connectivity index (χ2v) is 13.6. The minimum atomic E-state index is -6.08. The molecule has 0 aromatic heterocycles. The standard InChI is InChI=1S/C5H15NO7P2.C4H13NO7P2.8Na/c1-3(2)4(6)5(7,14(8,9)10)15(11,12)13;1-2-3(5)4(6,13(7,8)9)14(10,11)12;;;;;;;;/h3-4,7H,6H2,1-2H3,(H2,8,9,10)(H2,11,12,13);3,6H,2,5H2,1H3,(H2,7,8,9)(H2,10,11,12);;;;;;;;/q;;8*+1/p-8/t4-;3-;;;;;;;;/m00......../s1.